The number of rotatable bonds is 4. The molecule has 0 amide bonds. The fraction of sp³-hybridized carbons (Fsp3) is 0.750. The van der Waals surface area contributed by atoms with Crippen LogP contribution in [-0.2, 0) is 12.8 Å². The van der Waals surface area contributed by atoms with Crippen LogP contribution in [0.5, 0.6) is 0 Å². The lowest BCUT2D eigenvalue weighted by Gasteiger charge is -2.21. The Morgan fingerprint density at radius 3 is 3.27 bits per heavy atom. The molecule has 1 fully saturated rings. The summed E-state index contributed by atoms with van der Waals surface area (Å²) in [5.41, 5.74) is 1.29. The lowest BCUT2D eigenvalue weighted by atomic mass is 9.97. The second kappa shape index (κ2) is 5.61. The predicted octanol–water partition coefficient (Wildman–Crippen LogP) is 2.64. The minimum Gasteiger partial charge on any atom is -0.316 e. The number of nitrogens with one attached hydrogen (secondary N) is 1. The van der Waals surface area contributed by atoms with Crippen molar-refractivity contribution < 1.29 is 0 Å². The molecule has 1 saturated heterocycles. The van der Waals surface area contributed by atoms with E-state index in [-0.39, 0.29) is 0 Å². The molecular formula is C12H20N2S. The Kier molecular flexibility index (Phi) is 4.15. The summed E-state index contributed by atoms with van der Waals surface area (Å²) in [6, 6.07) is 0. The summed E-state index contributed by atoms with van der Waals surface area (Å²) in [7, 11) is 0. The minimum atomic E-state index is 0.819. The van der Waals surface area contributed by atoms with Crippen LogP contribution in [0.2, 0.25) is 0 Å². The molecule has 0 bridgehead atoms. The third-order valence-electron chi connectivity index (χ3n) is 2.97. The van der Waals surface area contributed by atoms with Crippen molar-refractivity contribution in [1.29, 1.82) is 0 Å². The zero-order chi connectivity index (χ0) is 10.5. The molecule has 1 unspecified atom stereocenters. The van der Waals surface area contributed by atoms with Gasteiger partial charge in [0.15, 0.2) is 0 Å². The normalized spacial score (nSPS) is 21.8. The molecule has 1 aromatic rings. The molecule has 1 aliphatic heterocycles. The van der Waals surface area contributed by atoms with Crippen molar-refractivity contribution in [2.45, 2.75) is 39.0 Å². The van der Waals surface area contributed by atoms with E-state index in [0.717, 1.165) is 12.3 Å². The average molecular weight is 224 g/mol. The van der Waals surface area contributed by atoms with Crippen molar-refractivity contribution in [3.63, 3.8) is 0 Å². The Bertz CT molecular complexity index is 290. The first-order chi connectivity index (χ1) is 7.38. The monoisotopic (exact) mass is 224 g/mol. The van der Waals surface area contributed by atoms with E-state index in [4.69, 9.17) is 0 Å². The molecule has 84 valence electrons. The molecule has 1 aromatic heterocycles. The number of hydrogen-bond acceptors (Lipinski definition) is 3. The fourth-order valence-electron chi connectivity index (χ4n) is 2.16. The molecule has 1 atom stereocenters. The summed E-state index contributed by atoms with van der Waals surface area (Å²) < 4.78 is 0. The van der Waals surface area contributed by atoms with Crippen LogP contribution in [0.3, 0.4) is 0 Å². The van der Waals surface area contributed by atoms with Gasteiger partial charge in [-0.3, -0.25) is 0 Å². The number of hydrogen-bond donors (Lipinski definition) is 1. The van der Waals surface area contributed by atoms with Crippen molar-refractivity contribution in [3.05, 3.63) is 16.1 Å². The van der Waals surface area contributed by atoms with Gasteiger partial charge in [-0.1, -0.05) is 13.3 Å². The minimum absolute atomic E-state index is 0.819. The van der Waals surface area contributed by atoms with Gasteiger partial charge in [-0.2, -0.15) is 0 Å². The number of thiazole rings is 1. The highest BCUT2D eigenvalue weighted by molar-refractivity contribution is 7.09. The van der Waals surface area contributed by atoms with Gasteiger partial charge >= 0.3 is 0 Å². The van der Waals surface area contributed by atoms with Crippen LogP contribution >= 0.6 is 11.3 Å². The topological polar surface area (TPSA) is 24.9 Å². The van der Waals surface area contributed by atoms with Gasteiger partial charge in [0.25, 0.3) is 0 Å². The molecule has 0 spiro atoms. The summed E-state index contributed by atoms with van der Waals surface area (Å²) in [5, 5.41) is 7.04. The first-order valence-electron chi connectivity index (χ1n) is 6.02. The maximum Gasteiger partial charge on any atom is 0.0931 e. The number of nitrogens with zero attached hydrogens (tertiary/aromatic N) is 1. The molecule has 0 aromatic carbocycles. The first-order valence-corrected chi connectivity index (χ1v) is 6.90. The van der Waals surface area contributed by atoms with Crippen LogP contribution in [0.25, 0.3) is 0 Å². The van der Waals surface area contributed by atoms with Crippen LogP contribution < -0.4 is 5.32 Å². The molecule has 0 radical (unpaired) electrons. The van der Waals surface area contributed by atoms with E-state index in [1.165, 1.54) is 49.5 Å². The molecule has 2 rings (SSSR count). The van der Waals surface area contributed by atoms with Crippen LogP contribution in [-0.4, -0.2) is 18.1 Å². The number of aromatic nitrogens is 1. The number of aryl methyl sites for hydroxylation is 1. The Hall–Kier alpha value is -0.410. The highest BCUT2D eigenvalue weighted by Gasteiger charge is 2.15. The predicted molar refractivity (Wildman–Crippen MR) is 65.4 cm³/mol. The van der Waals surface area contributed by atoms with Gasteiger partial charge in [0, 0.05) is 11.8 Å². The second-order valence-corrected chi connectivity index (χ2v) is 5.34. The van der Waals surface area contributed by atoms with E-state index in [2.05, 4.69) is 22.6 Å². The van der Waals surface area contributed by atoms with Gasteiger partial charge in [-0.25, -0.2) is 4.98 Å². The second-order valence-electron chi connectivity index (χ2n) is 4.40. The Morgan fingerprint density at radius 2 is 2.53 bits per heavy atom. The maximum atomic E-state index is 4.68. The highest BCUT2D eigenvalue weighted by atomic mass is 32.1. The number of piperidine rings is 1. The summed E-state index contributed by atoms with van der Waals surface area (Å²) in [6.07, 6.45) is 6.22. The molecular weight excluding hydrogens is 204 g/mol. The lowest BCUT2D eigenvalue weighted by molar-refractivity contribution is 0.375. The SMILES string of the molecule is CCCc1csc(CC2CCCNC2)n1. The van der Waals surface area contributed by atoms with E-state index in [1.54, 1.807) is 0 Å². The van der Waals surface area contributed by atoms with Crippen LogP contribution in [0.15, 0.2) is 5.38 Å². The van der Waals surface area contributed by atoms with Gasteiger partial charge in [0.2, 0.25) is 0 Å². The quantitative estimate of drug-likeness (QED) is 0.850. The van der Waals surface area contributed by atoms with E-state index in [9.17, 15) is 0 Å². The van der Waals surface area contributed by atoms with Gasteiger partial charge < -0.3 is 5.32 Å². The van der Waals surface area contributed by atoms with Crippen molar-refractivity contribution in [2.75, 3.05) is 13.1 Å². The molecule has 0 saturated carbocycles. The van der Waals surface area contributed by atoms with E-state index in [0.29, 0.717) is 0 Å². The lowest BCUT2D eigenvalue weighted by Crippen LogP contribution is -2.30. The van der Waals surface area contributed by atoms with Crippen LogP contribution in [0.1, 0.15) is 36.9 Å². The molecule has 2 nitrogen and oxygen atoms in total. The van der Waals surface area contributed by atoms with Gasteiger partial charge in [-0.05, 0) is 38.3 Å². The zero-order valence-corrected chi connectivity index (χ0v) is 10.3. The molecule has 0 aliphatic carbocycles. The average Bonchev–Trinajstić information content (AvgIpc) is 2.68. The van der Waals surface area contributed by atoms with Crippen molar-refractivity contribution >= 4 is 11.3 Å². The Labute approximate surface area is 96.1 Å². The Balaban J connectivity index is 1.86. The van der Waals surface area contributed by atoms with E-state index < -0.39 is 0 Å². The molecule has 1 aliphatic rings. The van der Waals surface area contributed by atoms with Gasteiger partial charge in [0.05, 0.1) is 10.7 Å². The summed E-state index contributed by atoms with van der Waals surface area (Å²) in [6.45, 7) is 4.60. The fourth-order valence-corrected chi connectivity index (χ4v) is 3.10. The third-order valence-corrected chi connectivity index (χ3v) is 3.89. The maximum absolute atomic E-state index is 4.68. The zero-order valence-electron chi connectivity index (χ0n) is 9.46. The molecule has 3 heteroatoms. The largest absolute Gasteiger partial charge is 0.316 e. The van der Waals surface area contributed by atoms with Crippen LogP contribution in [0, 0.1) is 5.92 Å². The van der Waals surface area contributed by atoms with Crippen LogP contribution in [0.4, 0.5) is 0 Å². The van der Waals surface area contributed by atoms with E-state index >= 15 is 0 Å². The third kappa shape index (κ3) is 3.28. The highest BCUT2D eigenvalue weighted by Crippen LogP contribution is 2.19. The summed E-state index contributed by atoms with van der Waals surface area (Å²) in [5.74, 6) is 0.819. The van der Waals surface area contributed by atoms with Crippen molar-refractivity contribution in [1.82, 2.24) is 10.3 Å². The standard InChI is InChI=1S/C12H20N2S/c1-2-4-11-9-15-12(14-11)7-10-5-3-6-13-8-10/h9-10,13H,2-8H2,1H3. The van der Waals surface area contributed by atoms with Crippen molar-refractivity contribution in [2.24, 2.45) is 5.92 Å². The molecule has 15 heavy (non-hydrogen) atoms. The summed E-state index contributed by atoms with van der Waals surface area (Å²) >= 11 is 1.84. The Morgan fingerprint density at radius 1 is 1.60 bits per heavy atom. The molecule has 1 N–H and O–H groups in total. The van der Waals surface area contributed by atoms with Gasteiger partial charge in [-0.15, -0.1) is 11.3 Å². The summed E-state index contributed by atoms with van der Waals surface area (Å²) in [4.78, 5) is 4.68. The van der Waals surface area contributed by atoms with Gasteiger partial charge in [0.1, 0.15) is 0 Å². The van der Waals surface area contributed by atoms with E-state index in [1.807, 2.05) is 11.3 Å². The van der Waals surface area contributed by atoms with Crippen molar-refractivity contribution in [3.8, 4) is 0 Å². The smallest absolute Gasteiger partial charge is 0.0931 e. The molecule has 2 heterocycles. The first kappa shape index (κ1) is 11.1.